The van der Waals surface area contributed by atoms with Crippen molar-refractivity contribution in [3.8, 4) is 11.8 Å². The maximum Gasteiger partial charge on any atom is 0.307 e. The van der Waals surface area contributed by atoms with Gasteiger partial charge in [-0.3, -0.25) is 9.59 Å². The zero-order valence-electron chi connectivity index (χ0n) is 19.5. The number of halogens is 1. The van der Waals surface area contributed by atoms with E-state index in [1.807, 2.05) is 20.8 Å². The maximum atomic E-state index is 12.9. The number of methoxy groups -OCH3 is 1. The van der Waals surface area contributed by atoms with Crippen LogP contribution in [-0.2, 0) is 26.1 Å². The Morgan fingerprint density at radius 2 is 1.88 bits per heavy atom. The number of anilines is 1. The van der Waals surface area contributed by atoms with E-state index in [0.29, 0.717) is 21.8 Å². The second kappa shape index (κ2) is 10.9. The maximum absolute atomic E-state index is 12.9. The van der Waals surface area contributed by atoms with Gasteiger partial charge in [-0.05, 0) is 70.5 Å². The molecule has 176 valence electrons. The fourth-order valence-electron chi connectivity index (χ4n) is 2.87. The summed E-state index contributed by atoms with van der Waals surface area (Å²) in [4.78, 5) is 29.0. The summed E-state index contributed by atoms with van der Waals surface area (Å²) < 4.78 is 20.2. The van der Waals surface area contributed by atoms with E-state index in [0.717, 1.165) is 0 Å². The molecule has 2 N–H and O–H groups in total. The van der Waals surface area contributed by atoms with Crippen LogP contribution < -0.4 is 10.0 Å². The lowest BCUT2D eigenvalue weighted by molar-refractivity contribution is -0.142. The number of hydrogen-bond donors (Lipinski definition) is 2. The molecule has 33 heavy (non-hydrogen) atoms. The quantitative estimate of drug-likeness (QED) is 0.449. The number of carbonyl (C=O) groups is 2. The number of esters is 1. The van der Waals surface area contributed by atoms with Gasteiger partial charge in [-0.25, -0.2) is 13.9 Å². The van der Waals surface area contributed by atoms with E-state index in [9.17, 15) is 13.8 Å². The van der Waals surface area contributed by atoms with Crippen molar-refractivity contribution in [3.05, 3.63) is 58.4 Å². The molecule has 0 aliphatic rings. The highest BCUT2D eigenvalue weighted by molar-refractivity contribution is 7.84. The predicted molar refractivity (Wildman–Crippen MR) is 131 cm³/mol. The number of ether oxygens (including phenoxy) is 1. The van der Waals surface area contributed by atoms with Crippen LogP contribution in [0.25, 0.3) is 0 Å². The Morgan fingerprint density at radius 1 is 1.18 bits per heavy atom. The first kappa shape index (κ1) is 26.5. The van der Waals surface area contributed by atoms with Crippen molar-refractivity contribution < 1.29 is 18.5 Å². The fraction of sp³-hybridized carbons (Fsp3) is 0.375. The van der Waals surface area contributed by atoms with Crippen LogP contribution in [-0.4, -0.2) is 32.9 Å². The minimum Gasteiger partial charge on any atom is -0.469 e. The van der Waals surface area contributed by atoms with Crippen LogP contribution in [0.4, 0.5) is 5.69 Å². The first-order valence-electron chi connectivity index (χ1n) is 10.2. The largest absolute Gasteiger partial charge is 0.469 e. The van der Waals surface area contributed by atoms with E-state index in [-0.39, 0.29) is 12.1 Å². The molecule has 0 radical (unpaired) electrons. The Bertz CT molecular complexity index is 1120. The monoisotopic (exact) mass is 489 g/mol. The Morgan fingerprint density at radius 3 is 2.42 bits per heavy atom. The van der Waals surface area contributed by atoms with Crippen molar-refractivity contribution in [1.29, 1.82) is 0 Å². The van der Waals surface area contributed by atoms with Gasteiger partial charge in [0.25, 0.3) is 5.91 Å². The number of hydrogen-bond acceptors (Lipinski definition) is 5. The van der Waals surface area contributed by atoms with Gasteiger partial charge in [0.2, 0.25) is 0 Å². The number of amides is 1. The molecule has 0 aliphatic carbocycles. The molecule has 0 saturated heterocycles. The molecule has 2 aromatic rings. The normalized spacial score (nSPS) is 13.8. The van der Waals surface area contributed by atoms with Gasteiger partial charge in [-0.2, -0.15) is 0 Å². The average Bonchev–Trinajstić information content (AvgIpc) is 2.74. The summed E-state index contributed by atoms with van der Waals surface area (Å²) in [5.74, 6) is 4.73. The van der Waals surface area contributed by atoms with Crippen molar-refractivity contribution >= 4 is 40.2 Å². The van der Waals surface area contributed by atoms with Crippen LogP contribution in [0.15, 0.2) is 36.5 Å². The molecule has 2 rings (SSSR count). The van der Waals surface area contributed by atoms with Gasteiger partial charge in [0, 0.05) is 22.5 Å². The third-order valence-electron chi connectivity index (χ3n) is 4.68. The molecule has 9 heteroatoms. The Hall–Kier alpha value is -2.73. The fourth-order valence-corrected chi connectivity index (χ4v) is 4.10. The number of carbonyl (C=O) groups excluding carboxylic acids is 2. The number of nitrogens with one attached hydrogen (secondary N) is 2. The summed E-state index contributed by atoms with van der Waals surface area (Å²) in [6, 6.07) is 8.19. The van der Waals surface area contributed by atoms with Gasteiger partial charge >= 0.3 is 5.97 Å². The average molecular weight is 490 g/mol. The number of benzene rings is 1. The number of pyridine rings is 1. The summed E-state index contributed by atoms with van der Waals surface area (Å²) in [7, 11) is -0.226. The standard InChI is InChI=1S/C24H28ClN3O4S/c1-7-8-16-9-12-20(26-15-16)22(30)27-17-10-11-19(25)18(13-17)24(5,14-21(29)32-6)28-33(31)23(2,3)4/h9-13,15,28H,14H2,1-6H3,(H,27,30)/t24-,33+/m0/s1. The van der Waals surface area contributed by atoms with Crippen molar-refractivity contribution in [1.82, 2.24) is 9.71 Å². The molecule has 0 fully saturated rings. The number of aromatic nitrogens is 1. The minimum absolute atomic E-state index is 0.121. The second-order valence-electron chi connectivity index (χ2n) is 8.52. The Kier molecular flexibility index (Phi) is 8.78. The van der Waals surface area contributed by atoms with Gasteiger partial charge in [0.05, 0.1) is 34.8 Å². The molecule has 0 unspecified atom stereocenters. The number of rotatable bonds is 7. The second-order valence-corrected chi connectivity index (χ2v) is 10.9. The van der Waals surface area contributed by atoms with Crippen LogP contribution in [0.2, 0.25) is 5.02 Å². The molecule has 1 aromatic carbocycles. The van der Waals surface area contributed by atoms with Gasteiger partial charge in [-0.15, -0.1) is 5.92 Å². The molecule has 1 aromatic heterocycles. The molecule has 0 bridgehead atoms. The van der Waals surface area contributed by atoms with E-state index < -0.39 is 33.1 Å². The van der Waals surface area contributed by atoms with Crippen LogP contribution in [0.1, 0.15) is 62.7 Å². The topological polar surface area (TPSA) is 97.4 Å². The molecule has 1 heterocycles. The molecule has 0 aliphatic heterocycles. The van der Waals surface area contributed by atoms with Crippen molar-refractivity contribution in [3.63, 3.8) is 0 Å². The van der Waals surface area contributed by atoms with E-state index in [1.54, 1.807) is 44.2 Å². The molecular weight excluding hydrogens is 462 g/mol. The lowest BCUT2D eigenvalue weighted by Gasteiger charge is -2.34. The van der Waals surface area contributed by atoms with Crippen molar-refractivity contribution in [2.24, 2.45) is 0 Å². The van der Waals surface area contributed by atoms with E-state index in [1.165, 1.54) is 13.3 Å². The smallest absolute Gasteiger partial charge is 0.307 e. The summed E-state index contributed by atoms with van der Waals surface area (Å²) in [5, 5.41) is 3.13. The molecule has 0 spiro atoms. The third kappa shape index (κ3) is 7.13. The molecule has 0 saturated carbocycles. The SMILES string of the molecule is CC#Cc1ccc(C(=O)Nc2ccc(Cl)c([C@](C)(CC(=O)OC)N[S@](=O)C(C)(C)C)c2)nc1. The van der Waals surface area contributed by atoms with Gasteiger partial charge in [0.15, 0.2) is 0 Å². The van der Waals surface area contributed by atoms with Crippen LogP contribution >= 0.6 is 11.6 Å². The highest BCUT2D eigenvalue weighted by Crippen LogP contribution is 2.35. The molecule has 1 amide bonds. The van der Waals surface area contributed by atoms with Gasteiger partial charge in [0.1, 0.15) is 5.69 Å². The highest BCUT2D eigenvalue weighted by atomic mass is 35.5. The number of nitrogens with zero attached hydrogens (tertiary/aromatic N) is 1. The minimum atomic E-state index is -1.51. The van der Waals surface area contributed by atoms with Crippen molar-refractivity contribution in [2.45, 2.75) is 51.3 Å². The molecule has 7 nitrogen and oxygen atoms in total. The third-order valence-corrected chi connectivity index (χ3v) is 6.76. The van der Waals surface area contributed by atoms with Crippen molar-refractivity contribution in [2.75, 3.05) is 12.4 Å². The lowest BCUT2D eigenvalue weighted by Crippen LogP contribution is -2.47. The molecule has 2 atom stereocenters. The van der Waals surface area contributed by atoms with Crippen LogP contribution in [0.5, 0.6) is 0 Å². The highest BCUT2D eigenvalue weighted by Gasteiger charge is 2.36. The summed E-state index contributed by atoms with van der Waals surface area (Å²) >= 11 is 6.48. The molecular formula is C24H28ClN3O4S. The van der Waals surface area contributed by atoms with E-state index in [4.69, 9.17) is 16.3 Å². The summed E-state index contributed by atoms with van der Waals surface area (Å²) in [5.41, 5.74) is 0.739. The van der Waals surface area contributed by atoms with E-state index in [2.05, 4.69) is 26.9 Å². The summed E-state index contributed by atoms with van der Waals surface area (Å²) in [6.45, 7) is 8.89. The Balaban J connectivity index is 2.39. The lowest BCUT2D eigenvalue weighted by atomic mass is 9.89. The van der Waals surface area contributed by atoms with E-state index >= 15 is 0 Å². The Labute approximate surface area is 202 Å². The van der Waals surface area contributed by atoms with Crippen LogP contribution in [0, 0.1) is 11.8 Å². The zero-order valence-corrected chi connectivity index (χ0v) is 21.1. The van der Waals surface area contributed by atoms with Gasteiger partial charge < -0.3 is 10.1 Å². The summed E-state index contributed by atoms with van der Waals surface area (Å²) in [6.07, 6.45) is 1.40. The first-order chi connectivity index (χ1) is 15.4. The zero-order chi connectivity index (χ0) is 24.8. The predicted octanol–water partition coefficient (Wildman–Crippen LogP) is 4.19. The van der Waals surface area contributed by atoms with Crippen LogP contribution in [0.3, 0.4) is 0 Å². The first-order valence-corrected chi connectivity index (χ1v) is 11.7. The van der Waals surface area contributed by atoms with Gasteiger partial charge in [-0.1, -0.05) is 17.5 Å².